The minimum atomic E-state index is -0.134. The Labute approximate surface area is 199 Å². The van der Waals surface area contributed by atoms with Gasteiger partial charge in [0.2, 0.25) is 0 Å². The molecule has 4 rings (SSSR count). The summed E-state index contributed by atoms with van der Waals surface area (Å²) in [6, 6.07) is 13.6. The van der Waals surface area contributed by atoms with E-state index >= 15 is 0 Å². The maximum Gasteiger partial charge on any atom is 0.306 e. The van der Waals surface area contributed by atoms with Crippen LogP contribution in [0.1, 0.15) is 46.8 Å². The number of amides is 1. The summed E-state index contributed by atoms with van der Waals surface area (Å²) in [6.07, 6.45) is 5.09. The number of thioether (sulfide) groups is 1. The van der Waals surface area contributed by atoms with Crippen molar-refractivity contribution in [2.75, 3.05) is 36.5 Å². The second kappa shape index (κ2) is 11.4. The Bertz CT molecular complexity index is 1000. The molecule has 2 aromatic rings. The molecule has 1 atom stereocenters. The van der Waals surface area contributed by atoms with Gasteiger partial charge in [-0.05, 0) is 73.1 Å². The first-order valence-electron chi connectivity index (χ1n) is 11.7. The third-order valence-electron chi connectivity index (χ3n) is 6.09. The predicted molar refractivity (Wildman–Crippen MR) is 134 cm³/mol. The number of fused-ring (bicyclic) bond motifs is 1. The molecule has 1 fully saturated rings. The van der Waals surface area contributed by atoms with Gasteiger partial charge in [-0.3, -0.25) is 14.6 Å². The van der Waals surface area contributed by atoms with Gasteiger partial charge in [0.25, 0.3) is 5.91 Å². The highest BCUT2D eigenvalue weighted by atomic mass is 32.2. The van der Waals surface area contributed by atoms with E-state index in [4.69, 9.17) is 4.74 Å². The molecule has 2 aromatic carbocycles. The van der Waals surface area contributed by atoms with E-state index < -0.39 is 0 Å². The number of nitrogens with zero attached hydrogens (tertiary/aromatic N) is 2. The number of aryl methyl sites for hydroxylation is 1. The highest BCUT2D eigenvalue weighted by Gasteiger charge is 2.22. The fraction of sp³-hybridized carbons (Fsp3) is 0.423. The zero-order valence-corrected chi connectivity index (χ0v) is 19.9. The summed E-state index contributed by atoms with van der Waals surface area (Å²) in [6.45, 7) is 4.21. The van der Waals surface area contributed by atoms with Gasteiger partial charge in [-0.15, -0.1) is 0 Å². The average molecular weight is 466 g/mol. The van der Waals surface area contributed by atoms with Gasteiger partial charge in [0.15, 0.2) is 0 Å². The lowest BCUT2D eigenvalue weighted by atomic mass is 9.82. The Kier molecular flexibility index (Phi) is 8.05. The van der Waals surface area contributed by atoms with Gasteiger partial charge in [0.05, 0.1) is 12.8 Å². The van der Waals surface area contributed by atoms with Crippen molar-refractivity contribution in [2.24, 2.45) is 11.0 Å². The highest BCUT2D eigenvalue weighted by molar-refractivity contribution is 7.99. The van der Waals surface area contributed by atoms with Gasteiger partial charge >= 0.3 is 5.97 Å². The monoisotopic (exact) mass is 465 g/mol. The van der Waals surface area contributed by atoms with Crippen molar-refractivity contribution in [3.8, 4) is 0 Å². The molecule has 1 saturated heterocycles. The van der Waals surface area contributed by atoms with Gasteiger partial charge in [-0.2, -0.15) is 16.9 Å². The second-order valence-electron chi connectivity index (χ2n) is 8.49. The molecular formula is C26H31N3O3S. The van der Waals surface area contributed by atoms with Crippen LogP contribution in [0.3, 0.4) is 0 Å². The van der Waals surface area contributed by atoms with E-state index in [0.29, 0.717) is 24.5 Å². The molecule has 1 amide bonds. The van der Waals surface area contributed by atoms with E-state index in [1.807, 2.05) is 61.3 Å². The summed E-state index contributed by atoms with van der Waals surface area (Å²) < 4.78 is 5.11. The first-order valence-corrected chi connectivity index (χ1v) is 12.8. The normalized spacial score (nSPS) is 18.1. The molecular weight excluding hydrogens is 434 g/mol. The molecule has 174 valence electrons. The second-order valence-corrected chi connectivity index (χ2v) is 9.71. The molecule has 0 bridgehead atoms. The van der Waals surface area contributed by atoms with Gasteiger partial charge < -0.3 is 10.1 Å². The summed E-state index contributed by atoms with van der Waals surface area (Å²) in [7, 11) is 0. The SMILES string of the molecule is CCOC(=O)CC1CCc2ccc(NC(=O)c3ccc(/C=N/N4CCSCC4)cc3)cc2C1. The topological polar surface area (TPSA) is 71.0 Å². The Morgan fingerprint density at radius 3 is 2.70 bits per heavy atom. The number of hydrogen-bond donors (Lipinski definition) is 1. The molecule has 0 spiro atoms. The quantitative estimate of drug-likeness (QED) is 0.485. The van der Waals surface area contributed by atoms with E-state index in [9.17, 15) is 9.59 Å². The number of hydrogen-bond acceptors (Lipinski definition) is 6. The van der Waals surface area contributed by atoms with Gasteiger partial charge in [0, 0.05) is 42.3 Å². The van der Waals surface area contributed by atoms with E-state index in [1.54, 1.807) is 0 Å². The van der Waals surface area contributed by atoms with Crippen LogP contribution in [0.15, 0.2) is 47.6 Å². The molecule has 1 unspecified atom stereocenters. The summed E-state index contributed by atoms with van der Waals surface area (Å²) in [5.41, 5.74) is 4.87. The standard InChI is InChI=1S/C26H31N3O3S/c1-2-32-25(30)16-20-5-6-21-9-10-24(17-23(21)15-20)28-26(31)22-7-3-19(4-8-22)18-27-29-11-13-33-14-12-29/h3-4,7-10,17-18,20H,2,5-6,11-16H2,1H3,(H,28,31)/b27-18+. The van der Waals surface area contributed by atoms with E-state index in [2.05, 4.69) is 21.5 Å². The van der Waals surface area contributed by atoms with Crippen molar-refractivity contribution < 1.29 is 14.3 Å². The van der Waals surface area contributed by atoms with Crippen LogP contribution in [0, 0.1) is 5.92 Å². The third kappa shape index (κ3) is 6.60. The van der Waals surface area contributed by atoms with Crippen molar-refractivity contribution in [3.05, 3.63) is 64.7 Å². The zero-order chi connectivity index (χ0) is 23.0. The molecule has 0 radical (unpaired) electrons. The lowest BCUT2D eigenvalue weighted by molar-refractivity contribution is -0.144. The van der Waals surface area contributed by atoms with E-state index in [1.165, 1.54) is 11.1 Å². The van der Waals surface area contributed by atoms with Crippen LogP contribution in [0.5, 0.6) is 0 Å². The first kappa shape index (κ1) is 23.4. The smallest absolute Gasteiger partial charge is 0.306 e. The van der Waals surface area contributed by atoms with Crippen molar-refractivity contribution in [1.82, 2.24) is 5.01 Å². The van der Waals surface area contributed by atoms with Crippen LogP contribution >= 0.6 is 11.8 Å². The van der Waals surface area contributed by atoms with Crippen LogP contribution in [-0.4, -0.2) is 54.3 Å². The molecule has 1 aliphatic heterocycles. The van der Waals surface area contributed by atoms with Crippen molar-refractivity contribution >= 4 is 35.5 Å². The number of rotatable bonds is 7. The number of carbonyl (C=O) groups excluding carboxylic acids is 2. The largest absolute Gasteiger partial charge is 0.466 e. The maximum absolute atomic E-state index is 12.8. The van der Waals surface area contributed by atoms with Gasteiger partial charge in [-0.25, -0.2) is 0 Å². The number of esters is 1. The van der Waals surface area contributed by atoms with E-state index in [-0.39, 0.29) is 11.9 Å². The summed E-state index contributed by atoms with van der Waals surface area (Å²) >= 11 is 1.96. The molecule has 7 heteroatoms. The number of nitrogens with one attached hydrogen (secondary N) is 1. The molecule has 1 heterocycles. The number of hydrazone groups is 1. The summed E-state index contributed by atoms with van der Waals surface area (Å²) in [4.78, 5) is 24.6. The molecule has 33 heavy (non-hydrogen) atoms. The Morgan fingerprint density at radius 2 is 1.94 bits per heavy atom. The number of carbonyl (C=O) groups is 2. The van der Waals surface area contributed by atoms with Crippen LogP contribution in [0.2, 0.25) is 0 Å². The third-order valence-corrected chi connectivity index (χ3v) is 7.03. The van der Waals surface area contributed by atoms with Crippen LogP contribution in [0.25, 0.3) is 0 Å². The zero-order valence-electron chi connectivity index (χ0n) is 19.1. The molecule has 0 saturated carbocycles. The summed E-state index contributed by atoms with van der Waals surface area (Å²) in [5, 5.41) is 9.64. The number of benzene rings is 2. The Morgan fingerprint density at radius 1 is 1.15 bits per heavy atom. The Balaban J connectivity index is 1.35. The van der Waals surface area contributed by atoms with Crippen LogP contribution < -0.4 is 5.32 Å². The lowest BCUT2D eigenvalue weighted by Crippen LogP contribution is -2.27. The highest BCUT2D eigenvalue weighted by Crippen LogP contribution is 2.30. The maximum atomic E-state index is 12.8. The van der Waals surface area contributed by atoms with Crippen molar-refractivity contribution in [3.63, 3.8) is 0 Å². The van der Waals surface area contributed by atoms with Crippen molar-refractivity contribution in [1.29, 1.82) is 0 Å². The van der Waals surface area contributed by atoms with Crippen LogP contribution in [-0.2, 0) is 22.4 Å². The fourth-order valence-electron chi connectivity index (χ4n) is 4.28. The molecule has 6 nitrogen and oxygen atoms in total. The minimum Gasteiger partial charge on any atom is -0.466 e. The molecule has 1 aliphatic carbocycles. The van der Waals surface area contributed by atoms with Crippen LogP contribution in [0.4, 0.5) is 5.69 Å². The summed E-state index contributed by atoms with van der Waals surface area (Å²) in [5.74, 6) is 2.26. The average Bonchev–Trinajstić information content (AvgIpc) is 2.83. The molecule has 1 N–H and O–H groups in total. The van der Waals surface area contributed by atoms with Gasteiger partial charge in [0.1, 0.15) is 0 Å². The van der Waals surface area contributed by atoms with Gasteiger partial charge in [-0.1, -0.05) is 18.2 Å². The number of anilines is 1. The minimum absolute atomic E-state index is 0.126. The van der Waals surface area contributed by atoms with E-state index in [0.717, 1.165) is 55.1 Å². The molecule has 0 aromatic heterocycles. The Hall–Kier alpha value is -2.80. The fourth-order valence-corrected chi connectivity index (χ4v) is 5.17. The van der Waals surface area contributed by atoms with Crippen molar-refractivity contribution in [2.45, 2.75) is 32.6 Å². The molecule has 2 aliphatic rings. The lowest BCUT2D eigenvalue weighted by Gasteiger charge is -2.24. The number of ether oxygens (including phenoxy) is 1. The predicted octanol–water partition coefficient (Wildman–Crippen LogP) is 4.38. The first-order chi connectivity index (χ1) is 16.1.